The summed E-state index contributed by atoms with van der Waals surface area (Å²) in [7, 11) is -3.36. The summed E-state index contributed by atoms with van der Waals surface area (Å²) in [5, 5.41) is -0.516. The first-order valence-corrected chi connectivity index (χ1v) is 6.53. The number of rotatable bonds is 2. The monoisotopic (exact) mass is 244 g/mol. The first kappa shape index (κ1) is 11.3. The number of benzene rings is 1. The van der Waals surface area contributed by atoms with E-state index in [0.29, 0.717) is 18.7 Å². The molecule has 0 saturated carbocycles. The van der Waals surface area contributed by atoms with E-state index in [2.05, 4.69) is 0 Å². The Balaban J connectivity index is 2.33. The molecule has 2 rings (SSSR count). The number of nitrogens with zero attached hydrogens (tertiary/aromatic N) is 1. The molecule has 4 nitrogen and oxygen atoms in total. The van der Waals surface area contributed by atoms with Crippen molar-refractivity contribution in [3.63, 3.8) is 0 Å². The van der Waals surface area contributed by atoms with Crippen LogP contribution >= 0.6 is 0 Å². The molecule has 0 spiro atoms. The van der Waals surface area contributed by atoms with Crippen molar-refractivity contribution in [2.75, 3.05) is 17.4 Å². The van der Waals surface area contributed by atoms with E-state index in [1.54, 1.807) is 0 Å². The van der Waals surface area contributed by atoms with E-state index in [4.69, 9.17) is 5.73 Å². The van der Waals surface area contributed by atoms with Crippen LogP contribution in [0, 0.1) is 5.82 Å². The van der Waals surface area contributed by atoms with Gasteiger partial charge < -0.3 is 5.73 Å². The van der Waals surface area contributed by atoms with Crippen LogP contribution in [-0.2, 0) is 10.0 Å². The lowest BCUT2D eigenvalue weighted by Gasteiger charge is -2.18. The Morgan fingerprint density at radius 1 is 1.38 bits per heavy atom. The van der Waals surface area contributed by atoms with Gasteiger partial charge in [-0.05, 0) is 30.7 Å². The average molecular weight is 244 g/mol. The van der Waals surface area contributed by atoms with Gasteiger partial charge in [-0.2, -0.15) is 0 Å². The Morgan fingerprint density at radius 2 is 2.00 bits per heavy atom. The van der Waals surface area contributed by atoms with Gasteiger partial charge in [0.05, 0.1) is 10.9 Å². The van der Waals surface area contributed by atoms with Crippen LogP contribution in [0.4, 0.5) is 10.1 Å². The van der Waals surface area contributed by atoms with Crippen molar-refractivity contribution in [2.45, 2.75) is 11.7 Å². The van der Waals surface area contributed by atoms with Crippen LogP contribution in [-0.4, -0.2) is 26.8 Å². The van der Waals surface area contributed by atoms with Crippen LogP contribution in [0.25, 0.3) is 0 Å². The highest BCUT2D eigenvalue weighted by Gasteiger charge is 2.37. The van der Waals surface area contributed by atoms with Crippen LogP contribution in [0.3, 0.4) is 0 Å². The Kier molecular flexibility index (Phi) is 2.86. The highest BCUT2D eigenvalue weighted by Crippen LogP contribution is 2.27. The maximum absolute atomic E-state index is 12.7. The Labute approximate surface area is 93.9 Å². The third kappa shape index (κ3) is 1.78. The van der Waals surface area contributed by atoms with Gasteiger partial charge in [0, 0.05) is 13.1 Å². The molecule has 1 aromatic carbocycles. The van der Waals surface area contributed by atoms with E-state index in [1.807, 2.05) is 0 Å². The first-order chi connectivity index (χ1) is 7.55. The normalized spacial score (nSPS) is 23.6. The molecule has 0 aromatic heterocycles. The molecule has 16 heavy (non-hydrogen) atoms. The van der Waals surface area contributed by atoms with E-state index < -0.39 is 15.3 Å². The SMILES string of the molecule is NC[C@H]1CCN(c2ccc(F)cc2)S1(=O)=O. The van der Waals surface area contributed by atoms with Gasteiger partial charge in [0.1, 0.15) is 5.82 Å². The van der Waals surface area contributed by atoms with Crippen LogP contribution in [0.1, 0.15) is 6.42 Å². The zero-order valence-corrected chi connectivity index (χ0v) is 9.45. The fraction of sp³-hybridized carbons (Fsp3) is 0.400. The fourth-order valence-electron chi connectivity index (χ4n) is 1.84. The molecule has 1 heterocycles. The molecule has 2 N–H and O–H groups in total. The van der Waals surface area contributed by atoms with E-state index in [0.717, 1.165) is 0 Å². The summed E-state index contributed by atoms with van der Waals surface area (Å²) in [6.45, 7) is 0.538. The molecule has 1 aliphatic heterocycles. The van der Waals surface area contributed by atoms with Gasteiger partial charge in [-0.25, -0.2) is 12.8 Å². The maximum Gasteiger partial charge on any atom is 0.239 e. The van der Waals surface area contributed by atoms with Gasteiger partial charge in [0.2, 0.25) is 10.0 Å². The van der Waals surface area contributed by atoms with Gasteiger partial charge in [0.25, 0.3) is 0 Å². The molecular weight excluding hydrogens is 231 g/mol. The largest absolute Gasteiger partial charge is 0.329 e. The summed E-state index contributed by atoms with van der Waals surface area (Å²) in [6.07, 6.45) is 0.524. The van der Waals surface area contributed by atoms with Crippen LogP contribution in [0.2, 0.25) is 0 Å². The molecule has 1 atom stereocenters. The summed E-state index contributed by atoms with van der Waals surface area (Å²) in [5.74, 6) is -0.379. The average Bonchev–Trinajstić information content (AvgIpc) is 2.54. The van der Waals surface area contributed by atoms with Crippen molar-refractivity contribution in [2.24, 2.45) is 5.73 Å². The zero-order chi connectivity index (χ0) is 11.8. The molecule has 0 unspecified atom stereocenters. The highest BCUT2D eigenvalue weighted by atomic mass is 32.2. The number of sulfonamides is 1. The lowest BCUT2D eigenvalue weighted by atomic mass is 10.3. The van der Waals surface area contributed by atoms with Gasteiger partial charge in [-0.3, -0.25) is 4.31 Å². The molecule has 6 heteroatoms. The van der Waals surface area contributed by atoms with E-state index in [1.165, 1.54) is 28.6 Å². The molecule has 1 fully saturated rings. The van der Waals surface area contributed by atoms with Crippen molar-refractivity contribution in [1.29, 1.82) is 0 Å². The van der Waals surface area contributed by atoms with Gasteiger partial charge >= 0.3 is 0 Å². The van der Waals surface area contributed by atoms with Crippen LogP contribution in [0.15, 0.2) is 24.3 Å². The number of hydrogen-bond acceptors (Lipinski definition) is 3. The molecule has 0 amide bonds. The third-order valence-corrected chi connectivity index (χ3v) is 5.04. The molecule has 1 aliphatic rings. The van der Waals surface area contributed by atoms with Crippen LogP contribution in [0.5, 0.6) is 0 Å². The summed E-state index contributed by atoms with van der Waals surface area (Å²) in [5.41, 5.74) is 5.91. The van der Waals surface area contributed by atoms with Crippen molar-refractivity contribution in [3.8, 4) is 0 Å². The quantitative estimate of drug-likeness (QED) is 0.832. The summed E-state index contributed by atoms with van der Waals surface area (Å²) >= 11 is 0. The fourth-order valence-corrected chi connectivity index (χ4v) is 3.62. The molecule has 0 bridgehead atoms. The lowest BCUT2D eigenvalue weighted by Crippen LogP contribution is -2.33. The molecular formula is C10H13FN2O2S. The minimum absolute atomic E-state index is 0.125. The third-order valence-electron chi connectivity index (χ3n) is 2.76. The van der Waals surface area contributed by atoms with Crippen molar-refractivity contribution < 1.29 is 12.8 Å². The Bertz CT molecular complexity index is 472. The van der Waals surface area contributed by atoms with Gasteiger partial charge in [-0.1, -0.05) is 0 Å². The molecule has 0 aliphatic carbocycles. The standard InChI is InChI=1S/C10H13FN2O2S/c11-8-1-3-9(4-2-8)13-6-5-10(7-12)16(13,14)15/h1-4,10H,5-7,12H2/t10-/m1/s1. The van der Waals surface area contributed by atoms with E-state index in [-0.39, 0.29) is 12.4 Å². The minimum Gasteiger partial charge on any atom is -0.329 e. The Hall–Kier alpha value is -1.14. The second-order valence-corrected chi connectivity index (χ2v) is 5.88. The van der Waals surface area contributed by atoms with E-state index >= 15 is 0 Å². The first-order valence-electron chi connectivity index (χ1n) is 5.03. The van der Waals surface area contributed by atoms with Crippen LogP contribution < -0.4 is 10.0 Å². The Morgan fingerprint density at radius 3 is 2.50 bits per heavy atom. The van der Waals surface area contributed by atoms with Gasteiger partial charge in [0.15, 0.2) is 0 Å². The van der Waals surface area contributed by atoms with Crippen molar-refractivity contribution in [3.05, 3.63) is 30.1 Å². The summed E-state index contributed by atoms with van der Waals surface area (Å²) < 4.78 is 37.9. The van der Waals surface area contributed by atoms with Crippen molar-refractivity contribution >= 4 is 15.7 Å². The molecule has 88 valence electrons. The summed E-state index contributed by atoms with van der Waals surface area (Å²) in [4.78, 5) is 0. The van der Waals surface area contributed by atoms with Crippen molar-refractivity contribution in [1.82, 2.24) is 0 Å². The smallest absolute Gasteiger partial charge is 0.239 e. The van der Waals surface area contributed by atoms with Gasteiger partial charge in [-0.15, -0.1) is 0 Å². The number of halogens is 1. The second-order valence-electron chi connectivity index (χ2n) is 3.74. The molecule has 0 radical (unpaired) electrons. The highest BCUT2D eigenvalue weighted by molar-refractivity contribution is 7.93. The predicted octanol–water partition coefficient (Wildman–Crippen LogP) is 0.693. The number of anilines is 1. The number of hydrogen-bond donors (Lipinski definition) is 1. The topological polar surface area (TPSA) is 63.4 Å². The predicted molar refractivity (Wildman–Crippen MR) is 60.1 cm³/mol. The number of nitrogens with two attached hydrogens (primary N) is 1. The minimum atomic E-state index is -3.36. The lowest BCUT2D eigenvalue weighted by molar-refractivity contribution is 0.588. The molecule has 1 saturated heterocycles. The molecule has 1 aromatic rings. The second kappa shape index (κ2) is 4.03. The summed E-state index contributed by atoms with van der Waals surface area (Å²) in [6, 6.07) is 5.43. The zero-order valence-electron chi connectivity index (χ0n) is 8.64. The van der Waals surface area contributed by atoms with E-state index in [9.17, 15) is 12.8 Å². The maximum atomic E-state index is 12.7.